The Labute approximate surface area is 174 Å². The third-order valence-corrected chi connectivity index (χ3v) is 5.38. The average Bonchev–Trinajstić information content (AvgIpc) is 3.27. The maximum absolute atomic E-state index is 12.2. The zero-order valence-corrected chi connectivity index (χ0v) is 16.7. The Morgan fingerprint density at radius 3 is 2.47 bits per heavy atom. The minimum atomic E-state index is -0.867. The summed E-state index contributed by atoms with van der Waals surface area (Å²) in [5, 5.41) is 16.3. The number of nitrogens with zero attached hydrogens (tertiary/aromatic N) is 2. The Hall–Kier alpha value is -3.17. The van der Waals surface area contributed by atoms with Gasteiger partial charge < -0.3 is 15.0 Å². The first-order chi connectivity index (χ1) is 14.4. The maximum atomic E-state index is 12.2. The lowest BCUT2D eigenvalue weighted by Crippen LogP contribution is -2.46. The number of carbonyl (C=O) groups excluding carboxylic acids is 3. The second-order valence-electron chi connectivity index (χ2n) is 7.59. The van der Waals surface area contributed by atoms with E-state index in [2.05, 4.69) is 10.6 Å². The van der Waals surface area contributed by atoms with E-state index in [0.29, 0.717) is 5.69 Å². The molecule has 1 aliphatic heterocycles. The summed E-state index contributed by atoms with van der Waals surface area (Å²) in [5.41, 5.74) is 0.262. The highest BCUT2D eigenvalue weighted by Gasteiger charge is 2.24. The van der Waals surface area contributed by atoms with Crippen molar-refractivity contribution >= 4 is 29.3 Å². The lowest BCUT2D eigenvalue weighted by Gasteiger charge is -2.22. The number of ether oxygens (including phenoxy) is 1. The first-order valence-electron chi connectivity index (χ1n) is 10.2. The van der Waals surface area contributed by atoms with Gasteiger partial charge in [-0.25, -0.2) is 9.59 Å². The molecule has 1 heterocycles. The van der Waals surface area contributed by atoms with Gasteiger partial charge in [0.2, 0.25) is 0 Å². The van der Waals surface area contributed by atoms with Crippen molar-refractivity contribution in [3.63, 3.8) is 0 Å². The number of esters is 1. The summed E-state index contributed by atoms with van der Waals surface area (Å²) in [7, 11) is 0. The first kappa shape index (κ1) is 21.5. The maximum Gasteiger partial charge on any atom is 0.338 e. The van der Waals surface area contributed by atoms with Crippen LogP contribution in [-0.4, -0.2) is 48.6 Å². The molecule has 10 heteroatoms. The SMILES string of the molecule is O=C(COC(=O)c1ccc(N2CCCC2)c([N+](=O)[O-])c1)NC(=O)NC1CCCCC1. The van der Waals surface area contributed by atoms with E-state index in [1.807, 2.05) is 4.90 Å². The summed E-state index contributed by atoms with van der Waals surface area (Å²) in [5.74, 6) is -1.63. The van der Waals surface area contributed by atoms with Crippen molar-refractivity contribution in [1.82, 2.24) is 10.6 Å². The predicted octanol–water partition coefficient (Wildman–Crippen LogP) is 2.51. The fraction of sp³-hybridized carbons (Fsp3) is 0.550. The van der Waals surface area contributed by atoms with E-state index in [9.17, 15) is 24.5 Å². The Kier molecular flexibility index (Phi) is 7.21. The van der Waals surface area contributed by atoms with E-state index in [4.69, 9.17) is 4.74 Å². The van der Waals surface area contributed by atoms with Crippen LogP contribution in [0.5, 0.6) is 0 Å². The van der Waals surface area contributed by atoms with Crippen LogP contribution in [0.1, 0.15) is 55.3 Å². The van der Waals surface area contributed by atoms with Crippen molar-refractivity contribution in [2.24, 2.45) is 0 Å². The summed E-state index contributed by atoms with van der Waals surface area (Å²) >= 11 is 0. The van der Waals surface area contributed by atoms with Crippen molar-refractivity contribution in [2.75, 3.05) is 24.6 Å². The van der Waals surface area contributed by atoms with Crippen LogP contribution in [0.4, 0.5) is 16.2 Å². The third kappa shape index (κ3) is 5.68. The standard InChI is InChI=1S/C20H26N4O6/c25-18(22-20(27)21-15-6-2-1-3-7-15)13-30-19(26)14-8-9-16(17(12-14)24(28)29)23-10-4-5-11-23/h8-9,12,15H,1-7,10-11,13H2,(H2,21,22,25,27). The highest BCUT2D eigenvalue weighted by atomic mass is 16.6. The fourth-order valence-corrected chi connectivity index (χ4v) is 3.87. The van der Waals surface area contributed by atoms with Crippen LogP contribution in [-0.2, 0) is 9.53 Å². The molecule has 0 atom stereocenters. The van der Waals surface area contributed by atoms with Gasteiger partial charge in [0.25, 0.3) is 11.6 Å². The average molecular weight is 418 g/mol. The first-order valence-corrected chi connectivity index (χ1v) is 10.2. The lowest BCUT2D eigenvalue weighted by molar-refractivity contribution is -0.384. The summed E-state index contributed by atoms with van der Waals surface area (Å²) < 4.78 is 4.91. The number of nitro benzene ring substituents is 1. The van der Waals surface area contributed by atoms with Gasteiger partial charge in [0, 0.05) is 25.2 Å². The Morgan fingerprint density at radius 2 is 1.80 bits per heavy atom. The van der Waals surface area contributed by atoms with E-state index >= 15 is 0 Å². The summed E-state index contributed by atoms with van der Waals surface area (Å²) in [4.78, 5) is 48.7. The van der Waals surface area contributed by atoms with Gasteiger partial charge in [0.15, 0.2) is 6.61 Å². The number of benzene rings is 1. The van der Waals surface area contributed by atoms with Crippen molar-refractivity contribution < 1.29 is 24.0 Å². The second kappa shape index (κ2) is 10.0. The molecule has 1 saturated heterocycles. The fourth-order valence-electron chi connectivity index (χ4n) is 3.87. The van der Waals surface area contributed by atoms with Crippen LogP contribution < -0.4 is 15.5 Å². The van der Waals surface area contributed by atoms with Crippen LogP contribution in [0.25, 0.3) is 0 Å². The van der Waals surface area contributed by atoms with Gasteiger partial charge in [0.1, 0.15) is 5.69 Å². The molecule has 30 heavy (non-hydrogen) atoms. The van der Waals surface area contributed by atoms with E-state index in [0.717, 1.165) is 64.1 Å². The molecule has 2 fully saturated rings. The molecule has 0 unspecified atom stereocenters. The molecule has 2 N–H and O–H groups in total. The number of imide groups is 1. The highest BCUT2D eigenvalue weighted by molar-refractivity contribution is 5.97. The molecule has 3 amide bonds. The van der Waals surface area contributed by atoms with Gasteiger partial charge in [-0.1, -0.05) is 19.3 Å². The molecule has 0 spiro atoms. The monoisotopic (exact) mass is 418 g/mol. The number of nitro groups is 1. The van der Waals surface area contributed by atoms with Gasteiger partial charge in [-0.2, -0.15) is 0 Å². The zero-order chi connectivity index (χ0) is 21.5. The molecular weight excluding hydrogens is 392 g/mol. The van der Waals surface area contributed by atoms with Crippen molar-refractivity contribution in [2.45, 2.75) is 51.0 Å². The van der Waals surface area contributed by atoms with E-state index in [1.165, 1.54) is 12.1 Å². The van der Waals surface area contributed by atoms with E-state index in [1.54, 1.807) is 0 Å². The van der Waals surface area contributed by atoms with E-state index in [-0.39, 0.29) is 17.3 Å². The van der Waals surface area contributed by atoms with Crippen molar-refractivity contribution in [1.29, 1.82) is 0 Å². The molecule has 2 aliphatic rings. The van der Waals surface area contributed by atoms with Crippen molar-refractivity contribution in [3.8, 4) is 0 Å². The van der Waals surface area contributed by atoms with Gasteiger partial charge in [-0.05, 0) is 37.8 Å². The third-order valence-electron chi connectivity index (χ3n) is 5.38. The Balaban J connectivity index is 1.52. The number of hydrogen-bond acceptors (Lipinski definition) is 7. The molecular formula is C20H26N4O6. The normalized spacial score (nSPS) is 16.7. The molecule has 0 radical (unpaired) electrons. The van der Waals surface area contributed by atoms with Crippen molar-refractivity contribution in [3.05, 3.63) is 33.9 Å². The summed E-state index contributed by atoms with van der Waals surface area (Å²) in [6.07, 6.45) is 6.91. The lowest BCUT2D eigenvalue weighted by atomic mass is 9.96. The minimum absolute atomic E-state index is 0.0240. The largest absolute Gasteiger partial charge is 0.452 e. The highest BCUT2D eigenvalue weighted by Crippen LogP contribution is 2.31. The van der Waals surface area contributed by atoms with Gasteiger partial charge in [-0.3, -0.25) is 20.2 Å². The summed E-state index contributed by atoms with van der Waals surface area (Å²) in [6, 6.07) is 3.55. The van der Waals surface area contributed by atoms with Crippen LogP contribution in [0, 0.1) is 10.1 Å². The Bertz CT molecular complexity index is 816. The molecule has 3 rings (SSSR count). The summed E-state index contributed by atoms with van der Waals surface area (Å²) in [6.45, 7) is 0.806. The van der Waals surface area contributed by atoms with E-state index < -0.39 is 29.4 Å². The van der Waals surface area contributed by atoms with Crippen LogP contribution in [0.2, 0.25) is 0 Å². The number of nitrogens with one attached hydrogen (secondary N) is 2. The molecule has 10 nitrogen and oxygen atoms in total. The van der Waals surface area contributed by atoms with Gasteiger partial charge in [-0.15, -0.1) is 0 Å². The molecule has 1 saturated carbocycles. The number of amides is 3. The molecule has 0 bridgehead atoms. The van der Waals surface area contributed by atoms with Crippen LogP contribution >= 0.6 is 0 Å². The molecule has 1 aliphatic carbocycles. The van der Waals surface area contributed by atoms with Crippen LogP contribution in [0.15, 0.2) is 18.2 Å². The van der Waals surface area contributed by atoms with Gasteiger partial charge in [0.05, 0.1) is 10.5 Å². The quantitative estimate of drug-likeness (QED) is 0.412. The number of rotatable bonds is 6. The van der Waals surface area contributed by atoms with Crippen LogP contribution in [0.3, 0.4) is 0 Å². The molecule has 162 valence electrons. The number of anilines is 1. The number of urea groups is 1. The molecule has 1 aromatic carbocycles. The predicted molar refractivity (Wildman–Crippen MR) is 108 cm³/mol. The smallest absolute Gasteiger partial charge is 0.338 e. The number of hydrogen-bond donors (Lipinski definition) is 2. The molecule has 0 aromatic heterocycles. The van der Waals surface area contributed by atoms with Gasteiger partial charge >= 0.3 is 12.0 Å². The second-order valence-corrected chi connectivity index (χ2v) is 7.59. The molecule has 1 aromatic rings. The minimum Gasteiger partial charge on any atom is -0.452 e. The zero-order valence-electron chi connectivity index (χ0n) is 16.7. The number of carbonyl (C=O) groups is 3. The topological polar surface area (TPSA) is 131 Å². The Morgan fingerprint density at radius 1 is 1.10 bits per heavy atom.